The zero-order valence-corrected chi connectivity index (χ0v) is 16.6. The van der Waals surface area contributed by atoms with Gasteiger partial charge in [0, 0.05) is 6.54 Å². The zero-order chi connectivity index (χ0) is 22.6. The van der Waals surface area contributed by atoms with E-state index in [9.17, 15) is 30.8 Å². The van der Waals surface area contributed by atoms with Gasteiger partial charge >= 0.3 is 6.18 Å². The lowest BCUT2D eigenvalue weighted by Gasteiger charge is -2.14. The van der Waals surface area contributed by atoms with Crippen molar-refractivity contribution in [3.8, 4) is 0 Å². The lowest BCUT2D eigenvalue weighted by atomic mass is 10.1. The van der Waals surface area contributed by atoms with Crippen LogP contribution in [0.5, 0.6) is 0 Å². The molecule has 3 aromatic rings. The molecule has 10 heteroatoms. The molecular formula is C21H16F4N2O3S. The summed E-state index contributed by atoms with van der Waals surface area (Å²) in [6.07, 6.45) is -4.74. The molecule has 3 aromatic carbocycles. The zero-order valence-electron chi connectivity index (χ0n) is 15.8. The average molecular weight is 452 g/mol. The maximum absolute atomic E-state index is 14.2. The molecule has 1 amide bonds. The third kappa shape index (κ3) is 5.47. The Hall–Kier alpha value is -3.24. The van der Waals surface area contributed by atoms with Crippen LogP contribution in [0, 0.1) is 5.82 Å². The highest BCUT2D eigenvalue weighted by atomic mass is 32.2. The molecule has 3 rings (SSSR count). The Morgan fingerprint density at radius 3 is 2.23 bits per heavy atom. The Kier molecular flexibility index (Phi) is 6.42. The molecule has 0 aliphatic rings. The Labute approximate surface area is 175 Å². The van der Waals surface area contributed by atoms with Crippen molar-refractivity contribution >= 4 is 21.6 Å². The normalized spacial score (nSPS) is 11.9. The number of carbonyl (C=O) groups is 1. The standard InChI is InChI=1S/C21H16F4N2O3S/c22-18-11-10-15(31(29,30)26-13-14-6-2-1-3-7-14)12-16(18)20(28)27-19-9-5-4-8-17(19)21(23,24)25/h1-12,26H,13H2,(H,27,28). The monoisotopic (exact) mass is 452 g/mol. The molecule has 0 aromatic heterocycles. The molecule has 162 valence electrons. The molecule has 0 aliphatic carbocycles. The maximum Gasteiger partial charge on any atom is 0.418 e. The summed E-state index contributed by atoms with van der Waals surface area (Å²) in [4.78, 5) is 12.0. The van der Waals surface area contributed by atoms with Crippen LogP contribution in [0.2, 0.25) is 0 Å². The number of carbonyl (C=O) groups excluding carboxylic acids is 1. The first-order valence-electron chi connectivity index (χ1n) is 8.88. The number of sulfonamides is 1. The second-order valence-electron chi connectivity index (χ2n) is 6.45. The van der Waals surface area contributed by atoms with Crippen LogP contribution in [-0.4, -0.2) is 14.3 Å². The van der Waals surface area contributed by atoms with E-state index in [1.54, 1.807) is 30.3 Å². The van der Waals surface area contributed by atoms with Crippen LogP contribution in [-0.2, 0) is 22.7 Å². The second-order valence-corrected chi connectivity index (χ2v) is 8.22. The average Bonchev–Trinajstić information content (AvgIpc) is 2.73. The van der Waals surface area contributed by atoms with Gasteiger partial charge in [0.15, 0.2) is 0 Å². The van der Waals surface area contributed by atoms with Gasteiger partial charge in [-0.25, -0.2) is 17.5 Å². The number of para-hydroxylation sites is 1. The highest BCUT2D eigenvalue weighted by Crippen LogP contribution is 2.34. The van der Waals surface area contributed by atoms with E-state index in [1.165, 1.54) is 6.07 Å². The SMILES string of the molecule is O=C(Nc1ccccc1C(F)(F)F)c1cc(S(=O)(=O)NCc2ccccc2)ccc1F. The van der Waals surface area contributed by atoms with Gasteiger partial charge in [0.25, 0.3) is 5.91 Å². The van der Waals surface area contributed by atoms with E-state index in [0.717, 1.165) is 36.4 Å². The lowest BCUT2D eigenvalue weighted by Crippen LogP contribution is -2.24. The van der Waals surface area contributed by atoms with Gasteiger partial charge in [-0.2, -0.15) is 13.2 Å². The largest absolute Gasteiger partial charge is 0.418 e. The minimum absolute atomic E-state index is 0.0406. The number of nitrogens with one attached hydrogen (secondary N) is 2. The summed E-state index contributed by atoms with van der Waals surface area (Å²) in [5, 5.41) is 2.00. The second kappa shape index (κ2) is 8.86. The van der Waals surface area contributed by atoms with Gasteiger partial charge in [0.2, 0.25) is 10.0 Å². The molecule has 31 heavy (non-hydrogen) atoms. The molecule has 0 unspecified atom stereocenters. The van der Waals surface area contributed by atoms with Crippen LogP contribution in [0.15, 0.2) is 77.7 Å². The van der Waals surface area contributed by atoms with E-state index in [-0.39, 0.29) is 6.54 Å². The van der Waals surface area contributed by atoms with Gasteiger partial charge in [-0.15, -0.1) is 0 Å². The fourth-order valence-corrected chi connectivity index (χ4v) is 3.78. The van der Waals surface area contributed by atoms with Crippen LogP contribution < -0.4 is 10.0 Å². The summed E-state index contributed by atoms with van der Waals surface area (Å²) in [6.45, 7) is -0.0406. The van der Waals surface area contributed by atoms with Gasteiger partial charge in [0.1, 0.15) is 5.82 Å². The summed E-state index contributed by atoms with van der Waals surface area (Å²) in [5.41, 5.74) is -1.72. The minimum atomic E-state index is -4.74. The minimum Gasteiger partial charge on any atom is -0.321 e. The number of benzene rings is 3. The molecule has 0 fully saturated rings. The Bertz CT molecular complexity index is 1200. The first-order valence-corrected chi connectivity index (χ1v) is 10.4. The summed E-state index contributed by atoms with van der Waals surface area (Å²) in [5.74, 6) is -2.29. The van der Waals surface area contributed by atoms with Gasteiger partial charge in [-0.3, -0.25) is 4.79 Å². The van der Waals surface area contributed by atoms with Gasteiger partial charge in [0.05, 0.1) is 21.7 Å². The third-order valence-electron chi connectivity index (χ3n) is 4.28. The van der Waals surface area contributed by atoms with E-state index in [0.29, 0.717) is 5.56 Å². The van der Waals surface area contributed by atoms with E-state index < -0.39 is 49.6 Å². The van der Waals surface area contributed by atoms with Gasteiger partial charge in [-0.05, 0) is 35.9 Å². The van der Waals surface area contributed by atoms with E-state index in [2.05, 4.69) is 4.72 Å². The smallest absolute Gasteiger partial charge is 0.321 e. The molecule has 0 spiro atoms. The predicted octanol–water partition coefficient (Wildman–Crippen LogP) is 4.58. The van der Waals surface area contributed by atoms with Crippen molar-refractivity contribution in [2.75, 3.05) is 5.32 Å². The molecule has 5 nitrogen and oxygen atoms in total. The van der Waals surface area contributed by atoms with Crippen molar-refractivity contribution < 1.29 is 30.8 Å². The Morgan fingerprint density at radius 2 is 1.55 bits per heavy atom. The molecular weight excluding hydrogens is 436 g/mol. The molecule has 0 saturated heterocycles. The van der Waals surface area contributed by atoms with Crippen LogP contribution in [0.1, 0.15) is 21.5 Å². The van der Waals surface area contributed by atoms with Crippen LogP contribution in [0.3, 0.4) is 0 Å². The maximum atomic E-state index is 14.2. The Balaban J connectivity index is 1.85. The Morgan fingerprint density at radius 1 is 0.903 bits per heavy atom. The van der Waals surface area contributed by atoms with Crippen molar-refractivity contribution in [2.45, 2.75) is 17.6 Å². The first kappa shape index (κ1) is 22.4. The number of hydrogen-bond acceptors (Lipinski definition) is 3. The highest BCUT2D eigenvalue weighted by molar-refractivity contribution is 7.89. The van der Waals surface area contributed by atoms with Crippen molar-refractivity contribution in [2.24, 2.45) is 0 Å². The molecule has 0 saturated carbocycles. The van der Waals surface area contributed by atoms with Crippen molar-refractivity contribution in [1.82, 2.24) is 4.72 Å². The molecule has 0 atom stereocenters. The summed E-state index contributed by atoms with van der Waals surface area (Å²) < 4.78 is 80.9. The fourth-order valence-electron chi connectivity index (χ4n) is 2.73. The number of alkyl halides is 3. The first-order chi connectivity index (χ1) is 14.6. The number of amides is 1. The fraction of sp³-hybridized carbons (Fsp3) is 0.0952. The summed E-state index contributed by atoms with van der Waals surface area (Å²) >= 11 is 0. The van der Waals surface area contributed by atoms with Gasteiger partial charge < -0.3 is 5.32 Å². The molecule has 0 radical (unpaired) electrons. The lowest BCUT2D eigenvalue weighted by molar-refractivity contribution is -0.136. The molecule has 0 aliphatic heterocycles. The van der Waals surface area contributed by atoms with Crippen molar-refractivity contribution in [1.29, 1.82) is 0 Å². The predicted molar refractivity (Wildman–Crippen MR) is 106 cm³/mol. The van der Waals surface area contributed by atoms with E-state index in [4.69, 9.17) is 0 Å². The number of halogens is 4. The van der Waals surface area contributed by atoms with Crippen LogP contribution >= 0.6 is 0 Å². The van der Waals surface area contributed by atoms with Gasteiger partial charge in [-0.1, -0.05) is 42.5 Å². The van der Waals surface area contributed by atoms with E-state index >= 15 is 0 Å². The number of rotatable bonds is 6. The third-order valence-corrected chi connectivity index (χ3v) is 5.68. The molecule has 2 N–H and O–H groups in total. The highest BCUT2D eigenvalue weighted by Gasteiger charge is 2.33. The topological polar surface area (TPSA) is 75.3 Å². The summed E-state index contributed by atoms with van der Waals surface area (Å²) in [6, 6.07) is 15.3. The van der Waals surface area contributed by atoms with Crippen molar-refractivity contribution in [3.05, 3.63) is 95.3 Å². The number of anilines is 1. The van der Waals surface area contributed by atoms with E-state index in [1.807, 2.05) is 5.32 Å². The van der Waals surface area contributed by atoms with Crippen LogP contribution in [0.4, 0.5) is 23.2 Å². The van der Waals surface area contributed by atoms with Crippen LogP contribution in [0.25, 0.3) is 0 Å². The number of hydrogen-bond donors (Lipinski definition) is 2. The summed E-state index contributed by atoms with van der Waals surface area (Å²) in [7, 11) is -4.11. The quantitative estimate of drug-likeness (QED) is 0.538. The molecule has 0 bridgehead atoms. The van der Waals surface area contributed by atoms with Crippen molar-refractivity contribution in [3.63, 3.8) is 0 Å². The molecule has 0 heterocycles.